The SMILES string of the molecule is CC(C)CN1C[C@@H](O)C[C@@H]1C. The molecule has 11 heavy (non-hydrogen) atoms. The van der Waals surface area contributed by atoms with Gasteiger partial charge in [0.05, 0.1) is 6.10 Å². The third kappa shape index (κ3) is 2.46. The molecule has 1 saturated heterocycles. The van der Waals surface area contributed by atoms with Crippen LogP contribution in [0.25, 0.3) is 0 Å². The first-order chi connectivity index (χ1) is 5.09. The predicted molar refractivity (Wildman–Crippen MR) is 46.5 cm³/mol. The van der Waals surface area contributed by atoms with Gasteiger partial charge >= 0.3 is 0 Å². The summed E-state index contributed by atoms with van der Waals surface area (Å²) >= 11 is 0. The van der Waals surface area contributed by atoms with E-state index in [4.69, 9.17) is 0 Å². The van der Waals surface area contributed by atoms with Gasteiger partial charge in [0, 0.05) is 19.1 Å². The van der Waals surface area contributed by atoms with Gasteiger partial charge in [0.1, 0.15) is 0 Å². The predicted octanol–water partition coefficient (Wildman–Crippen LogP) is 1.10. The zero-order valence-corrected chi connectivity index (χ0v) is 7.75. The minimum absolute atomic E-state index is 0.0799. The molecule has 2 heteroatoms. The van der Waals surface area contributed by atoms with Crippen LogP contribution in [0.5, 0.6) is 0 Å². The fourth-order valence-corrected chi connectivity index (χ4v) is 1.79. The van der Waals surface area contributed by atoms with Crippen LogP contribution >= 0.6 is 0 Å². The largest absolute Gasteiger partial charge is 0.392 e. The Bertz CT molecular complexity index is 125. The maximum absolute atomic E-state index is 9.34. The highest BCUT2D eigenvalue weighted by atomic mass is 16.3. The number of aliphatic hydroxyl groups excluding tert-OH is 1. The highest BCUT2D eigenvalue weighted by molar-refractivity contribution is 4.82. The van der Waals surface area contributed by atoms with Crippen molar-refractivity contribution in [2.45, 2.75) is 39.3 Å². The van der Waals surface area contributed by atoms with E-state index in [9.17, 15) is 5.11 Å². The summed E-state index contributed by atoms with van der Waals surface area (Å²) in [4.78, 5) is 2.37. The lowest BCUT2D eigenvalue weighted by Gasteiger charge is -2.22. The number of hydrogen-bond donors (Lipinski definition) is 1. The van der Waals surface area contributed by atoms with Gasteiger partial charge in [-0.1, -0.05) is 13.8 Å². The van der Waals surface area contributed by atoms with Crippen molar-refractivity contribution in [3.8, 4) is 0 Å². The van der Waals surface area contributed by atoms with E-state index in [-0.39, 0.29) is 6.10 Å². The first-order valence-electron chi connectivity index (χ1n) is 4.51. The van der Waals surface area contributed by atoms with E-state index < -0.39 is 0 Å². The molecule has 0 amide bonds. The molecule has 1 rings (SSSR count). The molecule has 2 nitrogen and oxygen atoms in total. The van der Waals surface area contributed by atoms with Crippen molar-refractivity contribution in [1.29, 1.82) is 0 Å². The normalized spacial score (nSPS) is 33.5. The molecule has 0 saturated carbocycles. The molecule has 0 aromatic carbocycles. The number of aliphatic hydroxyl groups is 1. The molecule has 1 fully saturated rings. The lowest BCUT2D eigenvalue weighted by atomic mass is 10.2. The summed E-state index contributed by atoms with van der Waals surface area (Å²) in [6.07, 6.45) is 0.871. The third-order valence-corrected chi connectivity index (χ3v) is 2.28. The molecular weight excluding hydrogens is 138 g/mol. The summed E-state index contributed by atoms with van der Waals surface area (Å²) in [5.41, 5.74) is 0. The molecular formula is C9H19NO. The molecule has 0 aromatic heterocycles. The second kappa shape index (κ2) is 3.55. The van der Waals surface area contributed by atoms with E-state index in [0.717, 1.165) is 19.5 Å². The maximum atomic E-state index is 9.34. The van der Waals surface area contributed by atoms with Crippen LogP contribution in [0, 0.1) is 5.92 Å². The number of β-amino-alcohol motifs (C(OH)–C–C–N with tert-alkyl or cyclic N) is 1. The van der Waals surface area contributed by atoms with Gasteiger partial charge in [-0.25, -0.2) is 0 Å². The van der Waals surface area contributed by atoms with Crippen LogP contribution in [0.2, 0.25) is 0 Å². The summed E-state index contributed by atoms with van der Waals surface area (Å²) in [6.45, 7) is 8.63. The molecule has 0 aliphatic carbocycles. The van der Waals surface area contributed by atoms with Gasteiger partial charge in [-0.15, -0.1) is 0 Å². The Morgan fingerprint density at radius 3 is 2.55 bits per heavy atom. The Morgan fingerprint density at radius 2 is 2.18 bits per heavy atom. The van der Waals surface area contributed by atoms with E-state index in [1.807, 2.05) is 0 Å². The van der Waals surface area contributed by atoms with E-state index in [0.29, 0.717) is 12.0 Å². The van der Waals surface area contributed by atoms with Crippen molar-refractivity contribution in [2.75, 3.05) is 13.1 Å². The summed E-state index contributed by atoms with van der Waals surface area (Å²) in [5, 5.41) is 9.34. The van der Waals surface area contributed by atoms with Crippen molar-refractivity contribution in [3.63, 3.8) is 0 Å². The van der Waals surface area contributed by atoms with Crippen molar-refractivity contribution in [3.05, 3.63) is 0 Å². The fraction of sp³-hybridized carbons (Fsp3) is 1.00. The Kier molecular flexibility index (Phi) is 2.90. The number of likely N-dealkylation sites (tertiary alicyclic amines) is 1. The van der Waals surface area contributed by atoms with Crippen LogP contribution in [0.1, 0.15) is 27.2 Å². The number of hydrogen-bond acceptors (Lipinski definition) is 2. The molecule has 1 heterocycles. The first-order valence-corrected chi connectivity index (χ1v) is 4.51. The molecule has 1 aliphatic rings. The van der Waals surface area contributed by atoms with Crippen molar-refractivity contribution in [2.24, 2.45) is 5.92 Å². The highest BCUT2D eigenvalue weighted by Crippen LogP contribution is 2.18. The zero-order valence-electron chi connectivity index (χ0n) is 7.75. The summed E-state index contributed by atoms with van der Waals surface area (Å²) in [7, 11) is 0. The molecule has 2 atom stereocenters. The lowest BCUT2D eigenvalue weighted by Crippen LogP contribution is -2.31. The van der Waals surface area contributed by atoms with Gasteiger partial charge < -0.3 is 5.11 Å². The van der Waals surface area contributed by atoms with Crippen molar-refractivity contribution < 1.29 is 5.11 Å². The monoisotopic (exact) mass is 157 g/mol. The summed E-state index contributed by atoms with van der Waals surface area (Å²) < 4.78 is 0. The molecule has 66 valence electrons. The first kappa shape index (κ1) is 9.01. The second-order valence-electron chi connectivity index (χ2n) is 4.09. The Hall–Kier alpha value is -0.0800. The fourth-order valence-electron chi connectivity index (χ4n) is 1.79. The van der Waals surface area contributed by atoms with Crippen LogP contribution < -0.4 is 0 Å². The van der Waals surface area contributed by atoms with Gasteiger partial charge in [-0.3, -0.25) is 4.90 Å². The lowest BCUT2D eigenvalue weighted by molar-refractivity contribution is 0.170. The van der Waals surface area contributed by atoms with Crippen LogP contribution in [0.4, 0.5) is 0 Å². The Labute approximate surface area is 69.2 Å². The van der Waals surface area contributed by atoms with Crippen LogP contribution in [0.3, 0.4) is 0 Å². The zero-order chi connectivity index (χ0) is 8.43. The molecule has 1 N–H and O–H groups in total. The second-order valence-corrected chi connectivity index (χ2v) is 4.09. The topological polar surface area (TPSA) is 23.5 Å². The van der Waals surface area contributed by atoms with Gasteiger partial charge in [-0.05, 0) is 19.3 Å². The smallest absolute Gasteiger partial charge is 0.0682 e. The maximum Gasteiger partial charge on any atom is 0.0682 e. The average molecular weight is 157 g/mol. The third-order valence-electron chi connectivity index (χ3n) is 2.28. The van der Waals surface area contributed by atoms with Gasteiger partial charge in [0.2, 0.25) is 0 Å². The van der Waals surface area contributed by atoms with Crippen molar-refractivity contribution >= 4 is 0 Å². The minimum atomic E-state index is -0.0799. The van der Waals surface area contributed by atoms with E-state index in [2.05, 4.69) is 25.7 Å². The molecule has 0 radical (unpaired) electrons. The van der Waals surface area contributed by atoms with Gasteiger partial charge in [0.15, 0.2) is 0 Å². The quantitative estimate of drug-likeness (QED) is 0.649. The molecule has 0 bridgehead atoms. The van der Waals surface area contributed by atoms with Gasteiger partial charge in [-0.2, -0.15) is 0 Å². The molecule has 0 aromatic rings. The number of nitrogens with zero attached hydrogens (tertiary/aromatic N) is 1. The highest BCUT2D eigenvalue weighted by Gasteiger charge is 2.27. The van der Waals surface area contributed by atoms with Crippen LogP contribution in [0.15, 0.2) is 0 Å². The Morgan fingerprint density at radius 1 is 1.55 bits per heavy atom. The van der Waals surface area contributed by atoms with Crippen molar-refractivity contribution in [1.82, 2.24) is 4.90 Å². The average Bonchev–Trinajstić information content (AvgIpc) is 2.09. The summed E-state index contributed by atoms with van der Waals surface area (Å²) in [6, 6.07) is 0.576. The van der Waals surface area contributed by atoms with Crippen LogP contribution in [-0.2, 0) is 0 Å². The van der Waals surface area contributed by atoms with E-state index in [1.54, 1.807) is 0 Å². The van der Waals surface area contributed by atoms with Gasteiger partial charge in [0.25, 0.3) is 0 Å². The standard InChI is InChI=1S/C9H19NO/c1-7(2)5-10-6-9(11)4-8(10)3/h7-9,11H,4-6H2,1-3H3/t8-,9-/m0/s1. The number of rotatable bonds is 2. The molecule has 0 spiro atoms. The minimum Gasteiger partial charge on any atom is -0.392 e. The van der Waals surface area contributed by atoms with Crippen LogP contribution in [-0.4, -0.2) is 35.2 Å². The van der Waals surface area contributed by atoms with E-state index in [1.165, 1.54) is 0 Å². The molecule has 1 aliphatic heterocycles. The summed E-state index contributed by atoms with van der Waals surface area (Å²) in [5.74, 6) is 0.711. The molecule has 0 unspecified atom stereocenters. The Balaban J connectivity index is 2.34. The van der Waals surface area contributed by atoms with E-state index >= 15 is 0 Å².